The second-order valence-electron chi connectivity index (χ2n) is 8.46. The molecule has 2 aliphatic rings. The summed E-state index contributed by atoms with van der Waals surface area (Å²) in [5, 5.41) is 12.7. The third-order valence-electron chi connectivity index (χ3n) is 5.34. The highest BCUT2D eigenvalue weighted by Gasteiger charge is 2.31. The maximum absolute atomic E-state index is 12.9. The van der Waals surface area contributed by atoms with Gasteiger partial charge in [-0.15, -0.1) is 0 Å². The van der Waals surface area contributed by atoms with Crippen LogP contribution in [0.1, 0.15) is 69.9 Å². The van der Waals surface area contributed by atoms with Crippen LogP contribution in [0.4, 0.5) is 14.7 Å². The minimum atomic E-state index is -2.89. The van der Waals surface area contributed by atoms with E-state index >= 15 is 0 Å². The van der Waals surface area contributed by atoms with E-state index in [1.54, 1.807) is 19.9 Å². The average molecular weight is 393 g/mol. The van der Waals surface area contributed by atoms with Crippen LogP contribution in [0, 0.1) is 0 Å². The number of nitrogens with one attached hydrogen (secondary N) is 1. The van der Waals surface area contributed by atoms with E-state index in [1.807, 2.05) is 10.6 Å². The van der Waals surface area contributed by atoms with E-state index in [0.717, 1.165) is 43.2 Å². The molecule has 4 rings (SSSR count). The number of carbonyl (C=O) groups excluding carboxylic acids is 1. The summed E-state index contributed by atoms with van der Waals surface area (Å²) in [6.07, 6.45) is 4.91. The summed E-state index contributed by atoms with van der Waals surface area (Å²) in [7, 11) is 0. The summed E-state index contributed by atoms with van der Waals surface area (Å²) in [4.78, 5) is 16.8. The van der Waals surface area contributed by atoms with Crippen LogP contribution in [0.3, 0.4) is 0 Å². The number of ether oxygens (including phenoxy) is 1. The van der Waals surface area contributed by atoms with Crippen molar-refractivity contribution in [2.75, 3.05) is 5.32 Å². The quantitative estimate of drug-likeness (QED) is 0.734. The summed E-state index contributed by atoms with van der Waals surface area (Å²) < 4.78 is 32.5. The van der Waals surface area contributed by atoms with Crippen molar-refractivity contribution in [1.29, 1.82) is 0 Å². The number of carbonyl (C=O) groups is 1. The molecule has 2 fully saturated rings. The van der Waals surface area contributed by atoms with E-state index in [9.17, 15) is 18.7 Å². The van der Waals surface area contributed by atoms with Crippen LogP contribution in [0.5, 0.6) is 5.75 Å². The van der Waals surface area contributed by atoms with Gasteiger partial charge in [-0.1, -0.05) is 0 Å². The zero-order valence-electron chi connectivity index (χ0n) is 16.0. The van der Waals surface area contributed by atoms with Gasteiger partial charge in [0.05, 0.1) is 23.1 Å². The van der Waals surface area contributed by atoms with Crippen molar-refractivity contribution >= 4 is 22.9 Å². The van der Waals surface area contributed by atoms with Gasteiger partial charge >= 0.3 is 6.61 Å². The topological polar surface area (TPSA) is 76.4 Å². The number of hydrogen-bond acceptors (Lipinski definition) is 4. The molecular weight excluding hydrogens is 368 g/mol. The Balaban J connectivity index is 1.75. The van der Waals surface area contributed by atoms with Crippen LogP contribution in [-0.2, 0) is 4.79 Å². The van der Waals surface area contributed by atoms with Crippen molar-refractivity contribution in [3.63, 3.8) is 0 Å². The van der Waals surface area contributed by atoms with Gasteiger partial charge in [0, 0.05) is 12.1 Å². The van der Waals surface area contributed by atoms with E-state index in [-0.39, 0.29) is 30.0 Å². The number of nitrogens with zero attached hydrogens (tertiary/aromatic N) is 2. The van der Waals surface area contributed by atoms with Crippen molar-refractivity contribution in [3.8, 4) is 5.75 Å². The Morgan fingerprint density at radius 1 is 1.36 bits per heavy atom. The fraction of sp³-hybridized carbons (Fsp3) is 0.600. The minimum absolute atomic E-state index is 0.0616. The zero-order valence-corrected chi connectivity index (χ0v) is 16.0. The van der Waals surface area contributed by atoms with E-state index in [4.69, 9.17) is 4.74 Å². The fourth-order valence-corrected chi connectivity index (χ4v) is 3.71. The molecule has 1 aromatic carbocycles. The van der Waals surface area contributed by atoms with E-state index in [1.165, 1.54) is 0 Å². The van der Waals surface area contributed by atoms with Gasteiger partial charge in [0.1, 0.15) is 5.75 Å². The van der Waals surface area contributed by atoms with Gasteiger partial charge in [-0.05, 0) is 63.5 Å². The molecule has 1 heterocycles. The maximum Gasteiger partial charge on any atom is 0.387 e. The summed E-state index contributed by atoms with van der Waals surface area (Å²) in [5.74, 6) is 0.452. The number of rotatable bonds is 7. The van der Waals surface area contributed by atoms with Crippen molar-refractivity contribution in [2.45, 2.75) is 76.5 Å². The van der Waals surface area contributed by atoms with Crippen LogP contribution in [0.25, 0.3) is 11.0 Å². The lowest BCUT2D eigenvalue weighted by Gasteiger charge is -2.29. The molecule has 6 nitrogen and oxygen atoms in total. The summed E-state index contributed by atoms with van der Waals surface area (Å²) >= 11 is 0. The van der Waals surface area contributed by atoms with Crippen LogP contribution >= 0.6 is 0 Å². The first-order valence-corrected chi connectivity index (χ1v) is 9.74. The number of aromatic nitrogens is 2. The van der Waals surface area contributed by atoms with Crippen molar-refractivity contribution in [1.82, 2.24) is 9.55 Å². The fourth-order valence-electron chi connectivity index (χ4n) is 3.71. The Labute approximate surface area is 161 Å². The Bertz CT molecular complexity index is 896. The van der Waals surface area contributed by atoms with E-state index < -0.39 is 12.2 Å². The third kappa shape index (κ3) is 3.97. The summed E-state index contributed by atoms with van der Waals surface area (Å²) in [6.45, 7) is 0.240. The highest BCUT2D eigenvalue weighted by atomic mass is 19.3. The number of fused-ring (bicyclic) bond motifs is 1. The molecule has 152 valence electrons. The van der Waals surface area contributed by atoms with Crippen molar-refractivity contribution < 1.29 is 23.4 Å². The molecule has 8 heteroatoms. The molecule has 2 aromatic rings. The number of halogens is 2. The van der Waals surface area contributed by atoms with Gasteiger partial charge in [0.25, 0.3) is 0 Å². The Morgan fingerprint density at radius 2 is 2.07 bits per heavy atom. The average Bonchev–Trinajstić information content (AvgIpc) is 3.28. The van der Waals surface area contributed by atoms with Crippen molar-refractivity contribution in [2.24, 2.45) is 0 Å². The highest BCUT2D eigenvalue weighted by Crippen LogP contribution is 2.47. The number of amides is 1. The summed E-state index contributed by atoms with van der Waals surface area (Å²) in [5.41, 5.74) is 0.995. The number of anilines is 1. The number of imidazole rings is 1. The van der Waals surface area contributed by atoms with Gasteiger partial charge in [0.2, 0.25) is 11.9 Å². The molecule has 2 aliphatic carbocycles. The van der Waals surface area contributed by atoms with Crippen molar-refractivity contribution in [3.05, 3.63) is 17.7 Å². The van der Waals surface area contributed by atoms with Crippen LogP contribution in [0.15, 0.2) is 12.1 Å². The maximum atomic E-state index is 12.9. The van der Waals surface area contributed by atoms with Gasteiger partial charge in [0.15, 0.2) is 0 Å². The molecular formula is C20H25F2N3O3. The predicted octanol–water partition coefficient (Wildman–Crippen LogP) is 4.34. The molecule has 0 aliphatic heterocycles. The van der Waals surface area contributed by atoms with Crippen LogP contribution in [0.2, 0.25) is 0 Å². The van der Waals surface area contributed by atoms with E-state index in [2.05, 4.69) is 10.3 Å². The smallest absolute Gasteiger partial charge is 0.387 e. The first kappa shape index (κ1) is 19.1. The molecule has 2 N–H and O–H groups in total. The van der Waals surface area contributed by atoms with Gasteiger partial charge in [-0.2, -0.15) is 8.78 Å². The lowest BCUT2D eigenvalue weighted by Crippen LogP contribution is -2.29. The van der Waals surface area contributed by atoms with E-state index in [0.29, 0.717) is 11.5 Å². The SMILES string of the molecule is CC(C)(O)CC(=O)Nc1nc2cc(OC(F)F)c(C3CC3)cc2n1C1CCC1. The molecule has 0 saturated heterocycles. The number of hydrogen-bond donors (Lipinski definition) is 2. The number of aliphatic hydroxyl groups is 1. The second kappa shape index (κ2) is 6.99. The lowest BCUT2D eigenvalue weighted by atomic mass is 9.92. The number of alkyl halides is 2. The Hall–Kier alpha value is -2.22. The van der Waals surface area contributed by atoms with Gasteiger partial charge < -0.3 is 14.4 Å². The lowest BCUT2D eigenvalue weighted by molar-refractivity contribution is -0.119. The monoisotopic (exact) mass is 393 g/mol. The Morgan fingerprint density at radius 3 is 2.61 bits per heavy atom. The normalized spacial score (nSPS) is 17.8. The highest BCUT2D eigenvalue weighted by molar-refractivity contribution is 5.92. The molecule has 0 atom stereocenters. The molecule has 1 amide bonds. The zero-order chi connectivity index (χ0) is 20.1. The molecule has 28 heavy (non-hydrogen) atoms. The van der Waals surface area contributed by atoms with Gasteiger partial charge in [-0.25, -0.2) is 4.98 Å². The third-order valence-corrected chi connectivity index (χ3v) is 5.34. The van der Waals surface area contributed by atoms with Crippen LogP contribution in [-0.4, -0.2) is 32.8 Å². The predicted molar refractivity (Wildman–Crippen MR) is 101 cm³/mol. The van der Waals surface area contributed by atoms with Gasteiger partial charge in [-0.3, -0.25) is 10.1 Å². The molecule has 0 spiro atoms. The second-order valence-corrected chi connectivity index (χ2v) is 8.46. The Kier molecular flexibility index (Phi) is 4.77. The molecule has 2 saturated carbocycles. The molecule has 0 radical (unpaired) electrons. The summed E-state index contributed by atoms with van der Waals surface area (Å²) in [6, 6.07) is 3.66. The molecule has 0 unspecified atom stereocenters. The first-order valence-electron chi connectivity index (χ1n) is 9.74. The van der Waals surface area contributed by atoms with Crippen LogP contribution < -0.4 is 10.1 Å². The largest absolute Gasteiger partial charge is 0.434 e. The number of benzene rings is 1. The standard InChI is InChI=1S/C20H25F2N3O3/c1-20(2,27)10-17(26)24-19-23-14-9-16(28-18(21)22)13(11-6-7-11)8-15(14)25(19)12-4-3-5-12/h8-9,11-12,18,27H,3-7,10H2,1-2H3,(H,23,24,26). The first-order chi connectivity index (χ1) is 13.2. The molecule has 0 bridgehead atoms. The molecule has 1 aromatic heterocycles. The minimum Gasteiger partial charge on any atom is -0.434 e.